The Bertz CT molecular complexity index is 304. The Hall–Kier alpha value is -0.520. The maximum atomic E-state index is 2.57. The molecular weight excluding hydrogens is 180 g/mol. The van der Waals surface area contributed by atoms with Crippen LogP contribution >= 0.6 is 0 Å². The molecule has 0 saturated heterocycles. The largest absolute Gasteiger partial charge is 0.0853 e. The molecule has 0 fully saturated rings. The van der Waals surface area contributed by atoms with Gasteiger partial charge in [0, 0.05) is 0 Å². The average molecular weight is 204 g/mol. The van der Waals surface area contributed by atoms with Crippen LogP contribution in [0.5, 0.6) is 0 Å². The van der Waals surface area contributed by atoms with Crippen LogP contribution in [0.2, 0.25) is 0 Å². The quantitative estimate of drug-likeness (QED) is 0.501. The van der Waals surface area contributed by atoms with E-state index < -0.39 is 0 Å². The van der Waals surface area contributed by atoms with Crippen LogP contribution in [0.25, 0.3) is 0 Å². The highest BCUT2D eigenvalue weighted by atomic mass is 14.4. The predicted molar refractivity (Wildman–Crippen MR) is 66.7 cm³/mol. The Balaban J connectivity index is 2.36. The second-order valence-electron chi connectivity index (χ2n) is 6.16. The molecule has 0 heterocycles. The molecule has 0 spiro atoms. The van der Waals surface area contributed by atoms with Crippen molar-refractivity contribution < 1.29 is 0 Å². The van der Waals surface area contributed by atoms with E-state index in [4.69, 9.17) is 0 Å². The van der Waals surface area contributed by atoms with Gasteiger partial charge in [0.2, 0.25) is 0 Å². The zero-order chi connectivity index (χ0) is 11.1. The first kappa shape index (κ1) is 11.0. The van der Waals surface area contributed by atoms with Gasteiger partial charge in [-0.2, -0.15) is 0 Å². The molecule has 0 bridgehead atoms. The molecular formula is C15H24. The van der Waals surface area contributed by atoms with Gasteiger partial charge in [-0.05, 0) is 56.8 Å². The molecule has 0 aliphatic heterocycles. The summed E-state index contributed by atoms with van der Waals surface area (Å²) in [5, 5.41) is 0. The van der Waals surface area contributed by atoms with E-state index in [9.17, 15) is 0 Å². The van der Waals surface area contributed by atoms with Crippen molar-refractivity contribution in [3.63, 3.8) is 0 Å². The van der Waals surface area contributed by atoms with Crippen molar-refractivity contribution in [1.82, 2.24) is 0 Å². The standard InChI is InChI=1S/C15H24/c1-11-7-8-13-12(2)6-5-9-15(3,4)14(13)10-11/h6,10,13-14H,5,7-9H2,1-4H3/t13-,14-/m1/s1. The van der Waals surface area contributed by atoms with E-state index in [1.165, 1.54) is 25.7 Å². The molecule has 0 N–H and O–H groups in total. The summed E-state index contributed by atoms with van der Waals surface area (Å²) in [6, 6.07) is 0. The SMILES string of the molecule is CC1=C[C@@H]2[C@H](CC1)C(C)=CCCC2(C)C. The molecule has 84 valence electrons. The molecule has 0 aromatic heterocycles. The fourth-order valence-corrected chi connectivity index (χ4v) is 3.34. The Morgan fingerprint density at radius 3 is 2.73 bits per heavy atom. The second-order valence-corrected chi connectivity index (χ2v) is 6.16. The van der Waals surface area contributed by atoms with Crippen LogP contribution in [0.4, 0.5) is 0 Å². The van der Waals surface area contributed by atoms with Crippen molar-refractivity contribution in [3.8, 4) is 0 Å². The Morgan fingerprint density at radius 1 is 1.27 bits per heavy atom. The summed E-state index contributed by atoms with van der Waals surface area (Å²) in [6.45, 7) is 9.54. The summed E-state index contributed by atoms with van der Waals surface area (Å²) in [5.74, 6) is 1.61. The molecule has 0 amide bonds. The summed E-state index contributed by atoms with van der Waals surface area (Å²) >= 11 is 0. The number of allylic oxidation sites excluding steroid dienone is 4. The fraction of sp³-hybridized carbons (Fsp3) is 0.733. The highest BCUT2D eigenvalue weighted by Gasteiger charge is 2.37. The minimum absolute atomic E-state index is 0.487. The lowest BCUT2D eigenvalue weighted by Gasteiger charge is -2.40. The molecule has 0 aromatic rings. The minimum atomic E-state index is 0.487. The van der Waals surface area contributed by atoms with E-state index in [2.05, 4.69) is 39.8 Å². The monoisotopic (exact) mass is 204 g/mol. The number of hydrogen-bond donors (Lipinski definition) is 0. The van der Waals surface area contributed by atoms with Gasteiger partial charge in [-0.3, -0.25) is 0 Å². The summed E-state index contributed by atoms with van der Waals surface area (Å²) in [7, 11) is 0. The molecule has 0 unspecified atom stereocenters. The van der Waals surface area contributed by atoms with Crippen molar-refractivity contribution in [3.05, 3.63) is 23.3 Å². The Morgan fingerprint density at radius 2 is 2.00 bits per heavy atom. The Kier molecular flexibility index (Phi) is 2.79. The van der Waals surface area contributed by atoms with Crippen molar-refractivity contribution >= 4 is 0 Å². The topological polar surface area (TPSA) is 0 Å². The maximum absolute atomic E-state index is 2.57. The summed E-state index contributed by atoms with van der Waals surface area (Å²) in [4.78, 5) is 0. The van der Waals surface area contributed by atoms with Crippen molar-refractivity contribution in [2.24, 2.45) is 17.3 Å². The first-order chi connectivity index (χ1) is 7.00. The van der Waals surface area contributed by atoms with Crippen LogP contribution in [0.15, 0.2) is 23.3 Å². The fourth-order valence-electron chi connectivity index (χ4n) is 3.34. The van der Waals surface area contributed by atoms with E-state index in [1.54, 1.807) is 11.1 Å². The van der Waals surface area contributed by atoms with Crippen LogP contribution in [0, 0.1) is 17.3 Å². The van der Waals surface area contributed by atoms with Crippen LogP contribution < -0.4 is 0 Å². The van der Waals surface area contributed by atoms with Gasteiger partial charge in [0.25, 0.3) is 0 Å². The molecule has 2 aliphatic carbocycles. The van der Waals surface area contributed by atoms with E-state index in [1.807, 2.05) is 0 Å². The van der Waals surface area contributed by atoms with Gasteiger partial charge >= 0.3 is 0 Å². The third-order valence-corrected chi connectivity index (χ3v) is 4.49. The van der Waals surface area contributed by atoms with E-state index in [0.717, 1.165) is 11.8 Å². The molecule has 0 radical (unpaired) electrons. The molecule has 2 atom stereocenters. The summed E-state index contributed by atoms with van der Waals surface area (Å²) < 4.78 is 0. The molecule has 0 saturated carbocycles. The minimum Gasteiger partial charge on any atom is -0.0853 e. The summed E-state index contributed by atoms with van der Waals surface area (Å²) in [5.41, 5.74) is 3.74. The van der Waals surface area contributed by atoms with Crippen LogP contribution in [0.3, 0.4) is 0 Å². The van der Waals surface area contributed by atoms with Gasteiger partial charge in [-0.25, -0.2) is 0 Å². The van der Waals surface area contributed by atoms with E-state index in [-0.39, 0.29) is 0 Å². The van der Waals surface area contributed by atoms with Crippen LogP contribution in [-0.2, 0) is 0 Å². The molecule has 0 aromatic carbocycles. The van der Waals surface area contributed by atoms with Gasteiger partial charge in [0.15, 0.2) is 0 Å². The van der Waals surface area contributed by atoms with Crippen LogP contribution in [0.1, 0.15) is 53.4 Å². The molecule has 0 heteroatoms. The zero-order valence-electron chi connectivity index (χ0n) is 10.6. The average Bonchev–Trinajstić information content (AvgIpc) is 2.26. The molecule has 0 nitrogen and oxygen atoms in total. The lowest BCUT2D eigenvalue weighted by Crippen LogP contribution is -2.30. The Labute approximate surface area is 94.5 Å². The normalized spacial score (nSPS) is 34.9. The highest BCUT2D eigenvalue weighted by Crippen LogP contribution is 2.47. The second kappa shape index (κ2) is 3.81. The maximum Gasteiger partial charge on any atom is -0.0114 e. The van der Waals surface area contributed by atoms with Gasteiger partial charge in [0.1, 0.15) is 0 Å². The molecule has 15 heavy (non-hydrogen) atoms. The van der Waals surface area contributed by atoms with Gasteiger partial charge in [-0.15, -0.1) is 0 Å². The van der Waals surface area contributed by atoms with Gasteiger partial charge in [0.05, 0.1) is 0 Å². The highest BCUT2D eigenvalue weighted by molar-refractivity contribution is 5.20. The van der Waals surface area contributed by atoms with E-state index in [0.29, 0.717) is 5.41 Å². The molecule has 2 aliphatic rings. The van der Waals surface area contributed by atoms with Crippen molar-refractivity contribution in [2.45, 2.75) is 53.4 Å². The smallest absolute Gasteiger partial charge is 0.0114 e. The van der Waals surface area contributed by atoms with Gasteiger partial charge in [-0.1, -0.05) is 37.1 Å². The zero-order valence-corrected chi connectivity index (χ0v) is 10.6. The number of fused-ring (bicyclic) bond motifs is 1. The molecule has 2 rings (SSSR count). The number of hydrogen-bond acceptors (Lipinski definition) is 0. The number of rotatable bonds is 0. The third-order valence-electron chi connectivity index (χ3n) is 4.49. The predicted octanol–water partition coefficient (Wildman–Crippen LogP) is 4.73. The van der Waals surface area contributed by atoms with Crippen molar-refractivity contribution in [2.75, 3.05) is 0 Å². The van der Waals surface area contributed by atoms with Gasteiger partial charge < -0.3 is 0 Å². The lowest BCUT2D eigenvalue weighted by atomic mass is 9.65. The third kappa shape index (κ3) is 2.04. The summed E-state index contributed by atoms with van der Waals surface area (Å²) in [6.07, 6.45) is 10.4. The first-order valence-corrected chi connectivity index (χ1v) is 6.34. The van der Waals surface area contributed by atoms with Crippen molar-refractivity contribution in [1.29, 1.82) is 0 Å². The first-order valence-electron chi connectivity index (χ1n) is 6.34. The lowest BCUT2D eigenvalue weighted by molar-refractivity contribution is 0.182. The van der Waals surface area contributed by atoms with Crippen LogP contribution in [-0.4, -0.2) is 0 Å². The van der Waals surface area contributed by atoms with E-state index >= 15 is 0 Å².